The number of nitrogens with two attached hydrogens (primary N) is 1. The van der Waals surface area contributed by atoms with Gasteiger partial charge in [0.05, 0.1) is 26.4 Å². The van der Waals surface area contributed by atoms with Crippen LogP contribution in [0.2, 0.25) is 0 Å². The summed E-state index contributed by atoms with van der Waals surface area (Å²) in [5, 5.41) is 10.3. The lowest BCUT2D eigenvalue weighted by atomic mass is 9.91. The number of aliphatic hydroxyl groups is 1. The predicted octanol–water partition coefficient (Wildman–Crippen LogP) is 0.323. The van der Waals surface area contributed by atoms with Crippen LogP contribution in [0.4, 0.5) is 11.4 Å². The topological polar surface area (TPSA) is 68.0 Å². The van der Waals surface area contributed by atoms with E-state index >= 15 is 0 Å². The van der Waals surface area contributed by atoms with E-state index in [0.717, 1.165) is 37.6 Å². The van der Waals surface area contributed by atoms with E-state index in [1.807, 2.05) is 18.2 Å². The molecule has 2 aliphatic heterocycles. The molecule has 1 aromatic carbocycles. The summed E-state index contributed by atoms with van der Waals surface area (Å²) in [6.07, 6.45) is 0. The molecule has 2 saturated heterocycles. The summed E-state index contributed by atoms with van der Waals surface area (Å²) in [7, 11) is 0. The van der Waals surface area contributed by atoms with Crippen molar-refractivity contribution in [3.05, 3.63) is 23.8 Å². The number of hydrogen-bond acceptors (Lipinski definition) is 5. The highest BCUT2D eigenvalue weighted by molar-refractivity contribution is 5.60. The van der Waals surface area contributed by atoms with Crippen LogP contribution in [0.15, 0.2) is 18.2 Å². The first-order chi connectivity index (χ1) is 8.67. The van der Waals surface area contributed by atoms with Crippen molar-refractivity contribution in [1.29, 1.82) is 0 Å². The second kappa shape index (κ2) is 4.42. The van der Waals surface area contributed by atoms with Gasteiger partial charge in [0.25, 0.3) is 0 Å². The highest BCUT2D eigenvalue weighted by atomic mass is 16.5. The second-order valence-electron chi connectivity index (χ2n) is 4.94. The van der Waals surface area contributed by atoms with Crippen molar-refractivity contribution in [3.63, 3.8) is 0 Å². The van der Waals surface area contributed by atoms with Crippen LogP contribution in [0.25, 0.3) is 0 Å². The molecule has 18 heavy (non-hydrogen) atoms. The van der Waals surface area contributed by atoms with Gasteiger partial charge < -0.3 is 25.2 Å². The summed E-state index contributed by atoms with van der Waals surface area (Å²) in [4.78, 5) is 2.23. The van der Waals surface area contributed by atoms with Crippen LogP contribution in [-0.4, -0.2) is 44.6 Å². The number of morpholine rings is 1. The molecule has 5 nitrogen and oxygen atoms in total. The maximum Gasteiger partial charge on any atom is 0.136 e. The molecule has 0 aromatic heterocycles. The van der Waals surface area contributed by atoms with Crippen molar-refractivity contribution in [3.8, 4) is 0 Å². The third-order valence-corrected chi connectivity index (χ3v) is 3.54. The molecule has 3 rings (SSSR count). The first-order valence-electron chi connectivity index (χ1n) is 6.21. The van der Waals surface area contributed by atoms with Crippen LogP contribution < -0.4 is 10.6 Å². The van der Waals surface area contributed by atoms with E-state index in [2.05, 4.69) is 4.90 Å². The van der Waals surface area contributed by atoms with Crippen molar-refractivity contribution >= 4 is 11.4 Å². The fourth-order valence-corrected chi connectivity index (χ4v) is 2.37. The van der Waals surface area contributed by atoms with Crippen molar-refractivity contribution in [1.82, 2.24) is 0 Å². The first kappa shape index (κ1) is 11.8. The SMILES string of the molecule is Nc1cc(N2CCOCC2)cc(C2(O)COC2)c1. The summed E-state index contributed by atoms with van der Waals surface area (Å²) in [6.45, 7) is 3.88. The highest BCUT2D eigenvalue weighted by Crippen LogP contribution is 2.33. The van der Waals surface area contributed by atoms with Gasteiger partial charge in [-0.25, -0.2) is 0 Å². The summed E-state index contributed by atoms with van der Waals surface area (Å²) >= 11 is 0. The van der Waals surface area contributed by atoms with Gasteiger partial charge in [0.15, 0.2) is 0 Å². The van der Waals surface area contributed by atoms with Gasteiger partial charge in [-0.3, -0.25) is 0 Å². The van der Waals surface area contributed by atoms with Gasteiger partial charge in [-0.05, 0) is 23.8 Å². The fourth-order valence-electron chi connectivity index (χ4n) is 2.37. The Labute approximate surface area is 106 Å². The second-order valence-corrected chi connectivity index (χ2v) is 4.94. The molecule has 0 spiro atoms. The molecule has 0 amide bonds. The minimum atomic E-state index is -0.865. The Balaban J connectivity index is 1.90. The number of nitrogens with zero attached hydrogens (tertiary/aromatic N) is 1. The Morgan fingerprint density at radius 1 is 1.11 bits per heavy atom. The Morgan fingerprint density at radius 2 is 1.83 bits per heavy atom. The lowest BCUT2D eigenvalue weighted by Crippen LogP contribution is -2.46. The number of benzene rings is 1. The van der Waals surface area contributed by atoms with Crippen LogP contribution in [0.3, 0.4) is 0 Å². The molecule has 2 aliphatic rings. The van der Waals surface area contributed by atoms with Gasteiger partial charge in [0.1, 0.15) is 5.60 Å². The smallest absolute Gasteiger partial charge is 0.136 e. The van der Waals surface area contributed by atoms with Gasteiger partial charge in [0, 0.05) is 24.5 Å². The zero-order chi connectivity index (χ0) is 12.6. The summed E-state index contributed by atoms with van der Waals surface area (Å²) in [5.41, 5.74) is 7.63. The summed E-state index contributed by atoms with van der Waals surface area (Å²) in [6, 6.07) is 5.77. The van der Waals surface area contributed by atoms with Crippen LogP contribution >= 0.6 is 0 Å². The molecular formula is C13H18N2O3. The minimum Gasteiger partial charge on any atom is -0.399 e. The number of hydrogen-bond donors (Lipinski definition) is 2. The minimum absolute atomic E-state index is 0.346. The summed E-state index contributed by atoms with van der Waals surface area (Å²) in [5.74, 6) is 0. The average molecular weight is 250 g/mol. The molecular weight excluding hydrogens is 232 g/mol. The van der Waals surface area contributed by atoms with Crippen LogP contribution in [-0.2, 0) is 15.1 Å². The summed E-state index contributed by atoms with van der Waals surface area (Å²) < 4.78 is 10.4. The molecule has 98 valence electrons. The maximum absolute atomic E-state index is 10.3. The molecule has 0 radical (unpaired) electrons. The van der Waals surface area contributed by atoms with Crippen LogP contribution in [0, 0.1) is 0 Å². The molecule has 2 fully saturated rings. The van der Waals surface area contributed by atoms with Crippen LogP contribution in [0.1, 0.15) is 5.56 Å². The van der Waals surface area contributed by atoms with Crippen molar-refractivity contribution in [2.75, 3.05) is 50.2 Å². The molecule has 0 atom stereocenters. The van der Waals surface area contributed by atoms with Gasteiger partial charge in [0.2, 0.25) is 0 Å². The normalized spacial score (nSPS) is 22.6. The quantitative estimate of drug-likeness (QED) is 0.740. The Hall–Kier alpha value is -1.30. The maximum atomic E-state index is 10.3. The zero-order valence-corrected chi connectivity index (χ0v) is 10.3. The largest absolute Gasteiger partial charge is 0.399 e. The molecule has 0 saturated carbocycles. The Kier molecular flexibility index (Phi) is 2.89. The van der Waals surface area contributed by atoms with Crippen molar-refractivity contribution < 1.29 is 14.6 Å². The van der Waals surface area contributed by atoms with Gasteiger partial charge in [-0.2, -0.15) is 0 Å². The lowest BCUT2D eigenvalue weighted by Gasteiger charge is -2.38. The Morgan fingerprint density at radius 3 is 2.44 bits per heavy atom. The molecule has 5 heteroatoms. The average Bonchev–Trinajstić information content (AvgIpc) is 2.36. The first-order valence-corrected chi connectivity index (χ1v) is 6.21. The van der Waals surface area contributed by atoms with Crippen molar-refractivity contribution in [2.24, 2.45) is 0 Å². The zero-order valence-electron chi connectivity index (χ0n) is 10.3. The molecule has 3 N–H and O–H groups in total. The molecule has 2 heterocycles. The Bertz CT molecular complexity index is 440. The highest BCUT2D eigenvalue weighted by Gasteiger charge is 2.38. The third-order valence-electron chi connectivity index (χ3n) is 3.54. The fraction of sp³-hybridized carbons (Fsp3) is 0.538. The standard InChI is InChI=1S/C13H18N2O3/c14-11-5-10(13(16)8-18-9-13)6-12(7-11)15-1-3-17-4-2-15/h5-7,16H,1-4,8-9,14H2. The van der Waals surface area contributed by atoms with E-state index in [-0.39, 0.29) is 0 Å². The van der Waals surface area contributed by atoms with E-state index in [9.17, 15) is 5.11 Å². The molecule has 0 bridgehead atoms. The van der Waals surface area contributed by atoms with E-state index in [4.69, 9.17) is 15.2 Å². The van der Waals surface area contributed by atoms with E-state index in [0.29, 0.717) is 18.9 Å². The van der Waals surface area contributed by atoms with E-state index in [1.54, 1.807) is 0 Å². The number of rotatable bonds is 2. The number of nitrogen functional groups attached to an aromatic ring is 1. The van der Waals surface area contributed by atoms with E-state index in [1.165, 1.54) is 0 Å². The number of ether oxygens (including phenoxy) is 2. The molecule has 0 unspecified atom stereocenters. The van der Waals surface area contributed by atoms with Gasteiger partial charge >= 0.3 is 0 Å². The predicted molar refractivity (Wildman–Crippen MR) is 68.6 cm³/mol. The van der Waals surface area contributed by atoms with Gasteiger partial charge in [-0.15, -0.1) is 0 Å². The number of anilines is 2. The monoisotopic (exact) mass is 250 g/mol. The third kappa shape index (κ3) is 2.05. The van der Waals surface area contributed by atoms with Gasteiger partial charge in [-0.1, -0.05) is 0 Å². The molecule has 1 aromatic rings. The van der Waals surface area contributed by atoms with Crippen molar-refractivity contribution in [2.45, 2.75) is 5.60 Å². The van der Waals surface area contributed by atoms with Crippen LogP contribution in [0.5, 0.6) is 0 Å². The lowest BCUT2D eigenvalue weighted by molar-refractivity contribution is -0.184. The molecule has 0 aliphatic carbocycles. The van der Waals surface area contributed by atoms with E-state index < -0.39 is 5.60 Å².